The second-order valence-electron chi connectivity index (χ2n) is 6.07. The first-order valence-corrected chi connectivity index (χ1v) is 7.58. The maximum Gasteiger partial charge on any atom is 0.332 e. The second kappa shape index (κ2) is 6.35. The minimum absolute atomic E-state index is 0.123. The van der Waals surface area contributed by atoms with Crippen molar-refractivity contribution in [2.24, 2.45) is 14.1 Å². The molecular weight excluding hydrogens is 308 g/mol. The predicted molar refractivity (Wildman–Crippen MR) is 94.7 cm³/mol. The zero-order valence-corrected chi connectivity index (χ0v) is 14.5. The molecule has 7 nitrogen and oxygen atoms in total. The quantitative estimate of drug-likeness (QED) is 0.814. The van der Waals surface area contributed by atoms with Gasteiger partial charge in [-0.25, -0.2) is 4.79 Å². The van der Waals surface area contributed by atoms with Crippen LogP contribution in [-0.4, -0.2) is 21.0 Å². The number of anilines is 2. The van der Waals surface area contributed by atoms with E-state index in [0.717, 1.165) is 25.9 Å². The van der Waals surface area contributed by atoms with Crippen LogP contribution in [0.5, 0.6) is 0 Å². The molecule has 0 aliphatic heterocycles. The molecule has 1 aromatic carbocycles. The van der Waals surface area contributed by atoms with Gasteiger partial charge in [0.25, 0.3) is 5.56 Å². The number of aryl methyl sites for hydroxylation is 2. The summed E-state index contributed by atoms with van der Waals surface area (Å²) < 4.78 is 1.98. The minimum Gasteiger partial charge on any atom is -0.384 e. The van der Waals surface area contributed by atoms with Crippen LogP contribution in [0.15, 0.2) is 27.8 Å². The number of nitrogens with zero attached hydrogens (tertiary/aromatic N) is 2. The van der Waals surface area contributed by atoms with Crippen molar-refractivity contribution in [3.05, 3.63) is 55.7 Å². The number of carbonyl (C=O) groups is 1. The Bertz CT molecular complexity index is 904. The Morgan fingerprint density at radius 2 is 1.62 bits per heavy atom. The maximum atomic E-state index is 12.7. The molecule has 0 fully saturated rings. The number of benzene rings is 1. The lowest BCUT2D eigenvalue weighted by Gasteiger charge is -2.17. The van der Waals surface area contributed by atoms with Crippen LogP contribution in [0, 0.1) is 13.8 Å². The van der Waals surface area contributed by atoms with Crippen molar-refractivity contribution in [2.75, 3.05) is 11.1 Å². The molecule has 0 spiro atoms. The predicted octanol–water partition coefficient (Wildman–Crippen LogP) is 0.966. The van der Waals surface area contributed by atoms with Crippen LogP contribution in [0.25, 0.3) is 0 Å². The number of Topliss-reactive ketones (excluding diaryl/α,β-unsaturated/α-hetero) is 1. The Morgan fingerprint density at radius 3 is 2.17 bits per heavy atom. The van der Waals surface area contributed by atoms with Crippen LogP contribution in [0.1, 0.15) is 28.4 Å². The van der Waals surface area contributed by atoms with Gasteiger partial charge in [-0.3, -0.25) is 18.7 Å². The fourth-order valence-corrected chi connectivity index (χ4v) is 2.68. The highest BCUT2D eigenvalue weighted by Crippen LogP contribution is 2.16. The third-order valence-corrected chi connectivity index (χ3v) is 3.95. The number of nitrogens with one attached hydrogen (secondary N) is 1. The average molecular weight is 330 g/mol. The lowest BCUT2D eigenvalue weighted by atomic mass is 10.1. The first-order chi connectivity index (χ1) is 11.1. The van der Waals surface area contributed by atoms with E-state index < -0.39 is 23.1 Å². The van der Waals surface area contributed by atoms with Crippen molar-refractivity contribution in [3.8, 4) is 0 Å². The monoisotopic (exact) mass is 330 g/mol. The number of aromatic nitrogens is 2. The lowest BCUT2D eigenvalue weighted by Crippen LogP contribution is -2.43. The van der Waals surface area contributed by atoms with Crippen LogP contribution >= 0.6 is 0 Å². The third-order valence-electron chi connectivity index (χ3n) is 3.95. The van der Waals surface area contributed by atoms with E-state index in [0.29, 0.717) is 0 Å². The summed E-state index contributed by atoms with van der Waals surface area (Å²) >= 11 is 0. The number of hydrogen-bond acceptors (Lipinski definition) is 5. The summed E-state index contributed by atoms with van der Waals surface area (Å²) in [6, 6.07) is 5.19. The van der Waals surface area contributed by atoms with E-state index in [-0.39, 0.29) is 11.4 Å². The van der Waals surface area contributed by atoms with E-state index >= 15 is 0 Å². The van der Waals surface area contributed by atoms with Crippen LogP contribution in [0.4, 0.5) is 11.5 Å². The van der Waals surface area contributed by atoms with Gasteiger partial charge in [0.1, 0.15) is 11.4 Å². The topological polar surface area (TPSA) is 99.1 Å². The molecule has 7 heteroatoms. The lowest BCUT2D eigenvalue weighted by molar-refractivity contribution is 0.0973. The molecule has 2 aromatic rings. The first-order valence-electron chi connectivity index (χ1n) is 7.58. The Hall–Kier alpha value is -2.83. The summed E-state index contributed by atoms with van der Waals surface area (Å²) in [6.45, 7) is 5.58. The molecule has 0 saturated carbocycles. The van der Waals surface area contributed by atoms with Gasteiger partial charge < -0.3 is 11.1 Å². The molecule has 1 heterocycles. The van der Waals surface area contributed by atoms with Crippen LogP contribution in [-0.2, 0) is 14.1 Å². The third kappa shape index (κ3) is 3.10. The first kappa shape index (κ1) is 17.5. The van der Waals surface area contributed by atoms with Gasteiger partial charge in [0.2, 0.25) is 0 Å². The van der Waals surface area contributed by atoms with Gasteiger partial charge in [0.05, 0.1) is 6.04 Å². The van der Waals surface area contributed by atoms with E-state index in [1.54, 1.807) is 6.92 Å². The maximum absolute atomic E-state index is 12.7. The minimum atomic E-state index is -0.685. The largest absolute Gasteiger partial charge is 0.384 e. The van der Waals surface area contributed by atoms with Crippen molar-refractivity contribution in [1.82, 2.24) is 9.13 Å². The summed E-state index contributed by atoms with van der Waals surface area (Å²) in [5.74, 6) is -0.579. The van der Waals surface area contributed by atoms with E-state index in [1.807, 2.05) is 32.0 Å². The number of nitrogen functional groups attached to an aromatic ring is 1. The van der Waals surface area contributed by atoms with Crippen molar-refractivity contribution in [3.63, 3.8) is 0 Å². The number of ketones is 1. The molecule has 0 aliphatic rings. The highest BCUT2D eigenvalue weighted by atomic mass is 16.2. The smallest absolute Gasteiger partial charge is 0.332 e. The highest BCUT2D eigenvalue weighted by Gasteiger charge is 2.24. The van der Waals surface area contributed by atoms with Gasteiger partial charge in [0.15, 0.2) is 5.78 Å². The molecule has 128 valence electrons. The average Bonchev–Trinajstić information content (AvgIpc) is 2.50. The van der Waals surface area contributed by atoms with Crippen molar-refractivity contribution in [1.29, 1.82) is 0 Å². The number of carbonyl (C=O) groups excluding carboxylic acids is 1. The number of nitrogens with two attached hydrogens (primary N) is 1. The van der Waals surface area contributed by atoms with Crippen molar-refractivity contribution < 1.29 is 4.79 Å². The molecule has 3 N–H and O–H groups in total. The van der Waals surface area contributed by atoms with Crippen LogP contribution in [0.3, 0.4) is 0 Å². The zero-order valence-electron chi connectivity index (χ0n) is 14.5. The van der Waals surface area contributed by atoms with E-state index in [2.05, 4.69) is 5.32 Å². The van der Waals surface area contributed by atoms with Gasteiger partial charge in [-0.15, -0.1) is 0 Å². The second-order valence-corrected chi connectivity index (χ2v) is 6.07. The summed E-state index contributed by atoms with van der Waals surface area (Å²) in [5.41, 5.74) is 7.32. The molecule has 2 rings (SSSR count). The zero-order chi connectivity index (χ0) is 18.2. The van der Waals surface area contributed by atoms with Crippen molar-refractivity contribution >= 4 is 17.3 Å². The van der Waals surface area contributed by atoms with E-state index in [1.165, 1.54) is 14.1 Å². The molecule has 1 aromatic heterocycles. The van der Waals surface area contributed by atoms with E-state index in [9.17, 15) is 14.4 Å². The Kier molecular flexibility index (Phi) is 4.64. The molecule has 0 unspecified atom stereocenters. The fraction of sp³-hybridized carbons (Fsp3) is 0.353. The Balaban J connectivity index is 2.42. The normalized spacial score (nSPS) is 12.0. The molecule has 0 bridgehead atoms. The summed E-state index contributed by atoms with van der Waals surface area (Å²) in [5, 5.41) is 3.09. The van der Waals surface area contributed by atoms with Crippen molar-refractivity contribution in [2.45, 2.75) is 26.8 Å². The molecular formula is C17H22N4O3. The standard InChI is InChI=1S/C17H22N4O3/c1-9-6-10(2)8-12(7-9)19-11(3)14(22)13-15(18)20(4)17(24)21(5)16(13)23/h6-8,11,19H,18H2,1-5H3/t11-/m0/s1. The van der Waals surface area contributed by atoms with Gasteiger partial charge in [-0.2, -0.15) is 0 Å². The molecule has 0 saturated heterocycles. The molecule has 24 heavy (non-hydrogen) atoms. The number of hydrogen-bond donors (Lipinski definition) is 2. The summed E-state index contributed by atoms with van der Waals surface area (Å²) in [6.07, 6.45) is 0. The summed E-state index contributed by atoms with van der Waals surface area (Å²) in [7, 11) is 2.75. The van der Waals surface area contributed by atoms with Gasteiger partial charge in [0, 0.05) is 19.8 Å². The van der Waals surface area contributed by atoms with Gasteiger partial charge >= 0.3 is 5.69 Å². The Labute approximate surface area is 139 Å². The summed E-state index contributed by atoms with van der Waals surface area (Å²) in [4.78, 5) is 36.8. The molecule has 1 atom stereocenters. The van der Waals surface area contributed by atoms with Crippen LogP contribution < -0.4 is 22.3 Å². The van der Waals surface area contributed by atoms with E-state index in [4.69, 9.17) is 5.73 Å². The molecule has 0 amide bonds. The highest BCUT2D eigenvalue weighted by molar-refractivity contribution is 6.04. The fourth-order valence-electron chi connectivity index (χ4n) is 2.68. The number of rotatable bonds is 4. The van der Waals surface area contributed by atoms with Crippen LogP contribution in [0.2, 0.25) is 0 Å². The molecule has 0 aliphatic carbocycles. The van der Waals surface area contributed by atoms with Gasteiger partial charge in [-0.1, -0.05) is 6.07 Å². The Morgan fingerprint density at radius 1 is 1.08 bits per heavy atom. The van der Waals surface area contributed by atoms with Gasteiger partial charge in [-0.05, 0) is 44.0 Å². The molecule has 0 radical (unpaired) electrons. The SMILES string of the molecule is Cc1cc(C)cc(N[C@@H](C)C(=O)c2c(N)n(C)c(=O)n(C)c2=O)c1.